The van der Waals surface area contributed by atoms with Crippen LogP contribution in [-0.4, -0.2) is 25.1 Å². The summed E-state index contributed by atoms with van der Waals surface area (Å²) in [5, 5.41) is 6.18. The molecule has 2 rings (SSSR count). The van der Waals surface area contributed by atoms with Crippen LogP contribution in [-0.2, 0) is 11.3 Å². The Kier molecular flexibility index (Phi) is 5.21. The van der Waals surface area contributed by atoms with Crippen molar-refractivity contribution >= 4 is 5.91 Å². The Morgan fingerprint density at radius 2 is 2.21 bits per heavy atom. The van der Waals surface area contributed by atoms with E-state index in [9.17, 15) is 4.79 Å². The fourth-order valence-corrected chi connectivity index (χ4v) is 2.20. The molecule has 1 unspecified atom stereocenters. The summed E-state index contributed by atoms with van der Waals surface area (Å²) in [7, 11) is 0. The smallest absolute Gasteiger partial charge is 0.261 e. The molecule has 1 aromatic carbocycles. The third-order valence-electron chi connectivity index (χ3n) is 3.29. The summed E-state index contributed by atoms with van der Waals surface area (Å²) < 4.78 is 5.92. The fourth-order valence-electron chi connectivity index (χ4n) is 2.20. The van der Waals surface area contributed by atoms with E-state index in [-0.39, 0.29) is 12.0 Å². The van der Waals surface area contributed by atoms with E-state index < -0.39 is 0 Å². The predicted octanol–water partition coefficient (Wildman–Crippen LogP) is 1.84. The standard InChI is InChI=1S/C15H22N2O2/c1-2-16-11-12-7-3-4-8-13(12)19-14-9-5-6-10-17-15(14)18/h3-4,7-8,14,16H,2,5-6,9-11H2,1H3,(H,17,18). The summed E-state index contributed by atoms with van der Waals surface area (Å²) >= 11 is 0. The Labute approximate surface area is 114 Å². The molecule has 0 spiro atoms. The monoisotopic (exact) mass is 262 g/mol. The van der Waals surface area contributed by atoms with Crippen LogP contribution in [0.5, 0.6) is 5.75 Å². The Balaban J connectivity index is 2.06. The molecule has 1 heterocycles. The average Bonchev–Trinajstić information content (AvgIpc) is 2.63. The zero-order valence-electron chi connectivity index (χ0n) is 11.4. The van der Waals surface area contributed by atoms with Gasteiger partial charge in [0.15, 0.2) is 6.10 Å². The van der Waals surface area contributed by atoms with Gasteiger partial charge in [-0.05, 0) is 31.9 Å². The summed E-state index contributed by atoms with van der Waals surface area (Å²) in [5.74, 6) is 0.821. The highest BCUT2D eigenvalue weighted by Crippen LogP contribution is 2.21. The zero-order valence-corrected chi connectivity index (χ0v) is 11.4. The summed E-state index contributed by atoms with van der Waals surface area (Å²) in [6, 6.07) is 7.91. The average molecular weight is 262 g/mol. The maximum absolute atomic E-state index is 11.9. The summed E-state index contributed by atoms with van der Waals surface area (Å²) in [6.07, 6.45) is 2.50. The highest BCUT2D eigenvalue weighted by molar-refractivity contribution is 5.81. The Bertz CT molecular complexity index is 420. The minimum Gasteiger partial charge on any atom is -0.480 e. The first-order valence-electron chi connectivity index (χ1n) is 7.04. The molecule has 104 valence electrons. The van der Waals surface area contributed by atoms with Crippen LogP contribution in [0, 0.1) is 0 Å². The number of carbonyl (C=O) groups is 1. The lowest BCUT2D eigenvalue weighted by Crippen LogP contribution is -2.36. The second-order valence-electron chi connectivity index (χ2n) is 4.78. The van der Waals surface area contributed by atoms with Gasteiger partial charge in [-0.3, -0.25) is 4.79 Å². The molecule has 4 heteroatoms. The molecule has 1 amide bonds. The lowest BCUT2D eigenvalue weighted by Gasteiger charge is -2.18. The highest BCUT2D eigenvalue weighted by atomic mass is 16.5. The van der Waals surface area contributed by atoms with Crippen LogP contribution in [0.4, 0.5) is 0 Å². The summed E-state index contributed by atoms with van der Waals surface area (Å²) in [4.78, 5) is 11.9. The number of amides is 1. The number of nitrogens with one attached hydrogen (secondary N) is 2. The Morgan fingerprint density at radius 3 is 3.05 bits per heavy atom. The van der Waals surface area contributed by atoms with Gasteiger partial charge >= 0.3 is 0 Å². The third kappa shape index (κ3) is 3.96. The fraction of sp³-hybridized carbons (Fsp3) is 0.533. The number of benzene rings is 1. The van der Waals surface area contributed by atoms with Gasteiger partial charge in [0.05, 0.1) is 0 Å². The van der Waals surface area contributed by atoms with Crippen molar-refractivity contribution in [1.29, 1.82) is 0 Å². The summed E-state index contributed by atoms with van der Waals surface area (Å²) in [6.45, 7) is 4.51. The molecule has 1 saturated heterocycles. The molecule has 0 aliphatic carbocycles. The number of para-hydroxylation sites is 1. The van der Waals surface area contributed by atoms with Crippen molar-refractivity contribution in [2.75, 3.05) is 13.1 Å². The Morgan fingerprint density at radius 1 is 1.37 bits per heavy atom. The number of ether oxygens (including phenoxy) is 1. The van der Waals surface area contributed by atoms with Crippen molar-refractivity contribution in [3.63, 3.8) is 0 Å². The first-order valence-corrected chi connectivity index (χ1v) is 7.04. The SMILES string of the molecule is CCNCc1ccccc1OC1CCCCNC1=O. The molecular weight excluding hydrogens is 240 g/mol. The van der Waals surface area contributed by atoms with Gasteiger partial charge in [0, 0.05) is 18.7 Å². The minimum absolute atomic E-state index is 0.00996. The van der Waals surface area contributed by atoms with Crippen molar-refractivity contribution in [3.8, 4) is 5.75 Å². The van der Waals surface area contributed by atoms with Gasteiger partial charge in [0.2, 0.25) is 0 Å². The zero-order chi connectivity index (χ0) is 13.5. The Hall–Kier alpha value is -1.55. The molecule has 0 saturated carbocycles. The molecular formula is C15H22N2O2. The van der Waals surface area contributed by atoms with E-state index >= 15 is 0 Å². The first kappa shape index (κ1) is 13.9. The molecule has 19 heavy (non-hydrogen) atoms. The van der Waals surface area contributed by atoms with Crippen LogP contribution >= 0.6 is 0 Å². The van der Waals surface area contributed by atoms with Gasteiger partial charge < -0.3 is 15.4 Å². The van der Waals surface area contributed by atoms with Crippen molar-refractivity contribution in [1.82, 2.24) is 10.6 Å². The molecule has 1 aliphatic rings. The second kappa shape index (κ2) is 7.14. The third-order valence-corrected chi connectivity index (χ3v) is 3.29. The second-order valence-corrected chi connectivity index (χ2v) is 4.78. The predicted molar refractivity (Wildman–Crippen MR) is 75.1 cm³/mol. The van der Waals surface area contributed by atoms with Crippen molar-refractivity contribution < 1.29 is 9.53 Å². The molecule has 0 bridgehead atoms. The molecule has 1 atom stereocenters. The van der Waals surface area contributed by atoms with E-state index in [1.807, 2.05) is 24.3 Å². The molecule has 0 aromatic heterocycles. The molecule has 1 aromatic rings. The van der Waals surface area contributed by atoms with E-state index in [4.69, 9.17) is 4.74 Å². The van der Waals surface area contributed by atoms with E-state index in [2.05, 4.69) is 17.6 Å². The van der Waals surface area contributed by atoms with Gasteiger partial charge in [0.1, 0.15) is 5.75 Å². The molecule has 4 nitrogen and oxygen atoms in total. The van der Waals surface area contributed by atoms with Crippen LogP contribution in [0.15, 0.2) is 24.3 Å². The summed E-state index contributed by atoms with van der Waals surface area (Å²) in [5.41, 5.74) is 1.10. The largest absolute Gasteiger partial charge is 0.480 e. The first-order chi connectivity index (χ1) is 9.31. The molecule has 1 fully saturated rings. The number of rotatable bonds is 5. The van der Waals surface area contributed by atoms with Gasteiger partial charge in [0.25, 0.3) is 5.91 Å². The van der Waals surface area contributed by atoms with E-state index in [1.54, 1.807) is 0 Å². The van der Waals surface area contributed by atoms with Crippen LogP contribution < -0.4 is 15.4 Å². The maximum atomic E-state index is 11.9. The lowest BCUT2D eigenvalue weighted by molar-refractivity contribution is -0.127. The van der Waals surface area contributed by atoms with Crippen molar-refractivity contribution in [2.24, 2.45) is 0 Å². The minimum atomic E-state index is -0.356. The van der Waals surface area contributed by atoms with Gasteiger partial charge in [-0.2, -0.15) is 0 Å². The number of hydrogen-bond acceptors (Lipinski definition) is 3. The van der Waals surface area contributed by atoms with Crippen LogP contribution in [0.1, 0.15) is 31.7 Å². The quantitative estimate of drug-likeness (QED) is 0.851. The van der Waals surface area contributed by atoms with Crippen LogP contribution in [0.2, 0.25) is 0 Å². The molecule has 1 aliphatic heterocycles. The molecule has 0 radical (unpaired) electrons. The maximum Gasteiger partial charge on any atom is 0.261 e. The lowest BCUT2D eigenvalue weighted by atomic mass is 10.1. The van der Waals surface area contributed by atoms with Crippen molar-refractivity contribution in [2.45, 2.75) is 38.8 Å². The normalized spacial score (nSPS) is 19.6. The highest BCUT2D eigenvalue weighted by Gasteiger charge is 2.22. The van der Waals surface area contributed by atoms with E-state index in [1.165, 1.54) is 0 Å². The van der Waals surface area contributed by atoms with E-state index in [0.717, 1.165) is 50.2 Å². The van der Waals surface area contributed by atoms with Crippen LogP contribution in [0.3, 0.4) is 0 Å². The van der Waals surface area contributed by atoms with Crippen molar-refractivity contribution in [3.05, 3.63) is 29.8 Å². The van der Waals surface area contributed by atoms with E-state index in [0.29, 0.717) is 0 Å². The van der Waals surface area contributed by atoms with Crippen LogP contribution in [0.25, 0.3) is 0 Å². The number of carbonyl (C=O) groups excluding carboxylic acids is 1. The number of hydrogen-bond donors (Lipinski definition) is 2. The molecule has 2 N–H and O–H groups in total. The topological polar surface area (TPSA) is 50.4 Å². The van der Waals surface area contributed by atoms with Gasteiger partial charge in [-0.1, -0.05) is 25.1 Å². The van der Waals surface area contributed by atoms with Gasteiger partial charge in [-0.25, -0.2) is 0 Å². The van der Waals surface area contributed by atoms with Gasteiger partial charge in [-0.15, -0.1) is 0 Å².